The summed E-state index contributed by atoms with van der Waals surface area (Å²) in [6.45, 7) is 7.09. The van der Waals surface area contributed by atoms with E-state index in [1.165, 1.54) is 0 Å². The number of rotatable bonds is 4. The van der Waals surface area contributed by atoms with Crippen molar-refractivity contribution >= 4 is 5.78 Å². The lowest BCUT2D eigenvalue weighted by Gasteiger charge is -2.22. The van der Waals surface area contributed by atoms with Gasteiger partial charge in [-0.15, -0.1) is 0 Å². The Labute approximate surface area is 115 Å². The first kappa shape index (κ1) is 14.1. The predicted molar refractivity (Wildman–Crippen MR) is 76.6 cm³/mol. The standard InChI is InChI=1S/C16H23NO2/c1-16(2,3)10-12(17)9-14(18)13-6-4-5-11-7-8-19-15(11)13/h4-6,12H,7-10,17H2,1-3H3. The molecule has 1 atom stereocenters. The molecule has 0 amide bonds. The van der Waals surface area contributed by atoms with Crippen LogP contribution in [0.4, 0.5) is 0 Å². The molecule has 0 spiro atoms. The highest BCUT2D eigenvalue weighted by molar-refractivity contribution is 5.99. The molecule has 1 aliphatic rings. The molecule has 1 heterocycles. The van der Waals surface area contributed by atoms with Crippen molar-refractivity contribution in [1.82, 2.24) is 0 Å². The van der Waals surface area contributed by atoms with Crippen LogP contribution in [0.25, 0.3) is 0 Å². The quantitative estimate of drug-likeness (QED) is 0.848. The fourth-order valence-corrected chi connectivity index (χ4v) is 2.64. The topological polar surface area (TPSA) is 52.3 Å². The van der Waals surface area contributed by atoms with E-state index in [0.717, 1.165) is 24.2 Å². The van der Waals surface area contributed by atoms with Gasteiger partial charge in [-0.1, -0.05) is 32.9 Å². The van der Waals surface area contributed by atoms with Crippen molar-refractivity contribution in [3.63, 3.8) is 0 Å². The maximum Gasteiger partial charge on any atom is 0.168 e. The third-order valence-electron chi connectivity index (χ3n) is 3.34. The second-order valence-electron chi connectivity index (χ2n) is 6.54. The lowest BCUT2D eigenvalue weighted by atomic mass is 9.86. The summed E-state index contributed by atoms with van der Waals surface area (Å²) < 4.78 is 5.57. The van der Waals surface area contributed by atoms with Crippen molar-refractivity contribution in [2.75, 3.05) is 6.61 Å². The van der Waals surface area contributed by atoms with Crippen molar-refractivity contribution < 1.29 is 9.53 Å². The number of nitrogens with two attached hydrogens (primary N) is 1. The first-order valence-electron chi connectivity index (χ1n) is 6.90. The molecule has 0 bridgehead atoms. The van der Waals surface area contributed by atoms with Crippen molar-refractivity contribution in [2.45, 2.75) is 46.1 Å². The van der Waals surface area contributed by atoms with E-state index in [2.05, 4.69) is 20.8 Å². The molecule has 0 aliphatic carbocycles. The molecule has 0 fully saturated rings. The van der Waals surface area contributed by atoms with Gasteiger partial charge in [0.2, 0.25) is 0 Å². The molecule has 3 heteroatoms. The van der Waals surface area contributed by atoms with Gasteiger partial charge in [0.25, 0.3) is 0 Å². The van der Waals surface area contributed by atoms with E-state index in [0.29, 0.717) is 18.6 Å². The molecule has 0 radical (unpaired) electrons. The van der Waals surface area contributed by atoms with E-state index in [4.69, 9.17) is 10.5 Å². The molecule has 1 aromatic rings. The Morgan fingerprint density at radius 3 is 2.84 bits per heavy atom. The molecule has 1 unspecified atom stereocenters. The first-order valence-corrected chi connectivity index (χ1v) is 6.90. The zero-order valence-corrected chi connectivity index (χ0v) is 12.0. The van der Waals surface area contributed by atoms with Crippen LogP contribution in [0.3, 0.4) is 0 Å². The largest absolute Gasteiger partial charge is 0.492 e. The summed E-state index contributed by atoms with van der Waals surface area (Å²) in [5.74, 6) is 0.867. The molecule has 0 saturated heterocycles. The summed E-state index contributed by atoms with van der Waals surface area (Å²) in [5.41, 5.74) is 8.06. The lowest BCUT2D eigenvalue weighted by molar-refractivity contribution is 0.0965. The molecule has 19 heavy (non-hydrogen) atoms. The maximum atomic E-state index is 12.3. The zero-order chi connectivity index (χ0) is 14.0. The Bertz CT molecular complexity index is 474. The highest BCUT2D eigenvalue weighted by atomic mass is 16.5. The summed E-state index contributed by atoms with van der Waals surface area (Å²) >= 11 is 0. The third-order valence-corrected chi connectivity index (χ3v) is 3.34. The molecule has 3 nitrogen and oxygen atoms in total. The van der Waals surface area contributed by atoms with E-state index in [1.54, 1.807) is 0 Å². The SMILES string of the molecule is CC(C)(C)CC(N)CC(=O)c1cccc2c1OCC2. The van der Waals surface area contributed by atoms with Crippen LogP contribution in [0.2, 0.25) is 0 Å². The van der Waals surface area contributed by atoms with Gasteiger partial charge in [-0.25, -0.2) is 0 Å². The number of benzene rings is 1. The van der Waals surface area contributed by atoms with E-state index < -0.39 is 0 Å². The van der Waals surface area contributed by atoms with Crippen LogP contribution in [0.5, 0.6) is 5.75 Å². The molecule has 0 saturated carbocycles. The van der Waals surface area contributed by atoms with Crippen LogP contribution < -0.4 is 10.5 Å². The number of para-hydroxylation sites is 1. The van der Waals surface area contributed by atoms with Gasteiger partial charge >= 0.3 is 0 Å². The molecular formula is C16H23NO2. The Morgan fingerprint density at radius 2 is 2.16 bits per heavy atom. The van der Waals surface area contributed by atoms with Crippen LogP contribution in [0.15, 0.2) is 18.2 Å². The summed E-state index contributed by atoms with van der Waals surface area (Å²) in [6, 6.07) is 5.70. The second-order valence-corrected chi connectivity index (χ2v) is 6.54. The van der Waals surface area contributed by atoms with Crippen LogP contribution in [0, 0.1) is 5.41 Å². The number of ketones is 1. The van der Waals surface area contributed by atoms with E-state index >= 15 is 0 Å². The summed E-state index contributed by atoms with van der Waals surface area (Å²) in [5, 5.41) is 0. The van der Waals surface area contributed by atoms with Gasteiger partial charge in [0.15, 0.2) is 5.78 Å². The number of hydrogen-bond donors (Lipinski definition) is 1. The second kappa shape index (κ2) is 5.33. The Morgan fingerprint density at radius 1 is 1.42 bits per heavy atom. The van der Waals surface area contributed by atoms with Crippen LogP contribution in [-0.2, 0) is 6.42 Å². The zero-order valence-electron chi connectivity index (χ0n) is 12.0. The van der Waals surface area contributed by atoms with Crippen LogP contribution in [0.1, 0.15) is 49.5 Å². The predicted octanol–water partition coefficient (Wildman–Crippen LogP) is 2.96. The minimum absolute atomic E-state index is 0.0928. The van der Waals surface area contributed by atoms with Gasteiger partial charge in [0.05, 0.1) is 12.2 Å². The van der Waals surface area contributed by atoms with Crippen molar-refractivity contribution in [2.24, 2.45) is 11.1 Å². The van der Waals surface area contributed by atoms with Crippen molar-refractivity contribution in [3.8, 4) is 5.75 Å². The summed E-state index contributed by atoms with van der Waals surface area (Å²) in [7, 11) is 0. The van der Waals surface area contributed by atoms with E-state index in [1.807, 2.05) is 18.2 Å². The number of carbonyl (C=O) groups excluding carboxylic acids is 1. The van der Waals surface area contributed by atoms with E-state index in [9.17, 15) is 4.79 Å². The van der Waals surface area contributed by atoms with Gasteiger partial charge in [0.1, 0.15) is 5.75 Å². The normalized spacial score (nSPS) is 15.8. The number of ether oxygens (including phenoxy) is 1. The monoisotopic (exact) mass is 261 g/mol. The molecule has 104 valence electrons. The molecule has 2 rings (SSSR count). The molecule has 0 aromatic heterocycles. The Hall–Kier alpha value is -1.35. The third kappa shape index (κ3) is 3.57. The Balaban J connectivity index is 2.07. The summed E-state index contributed by atoms with van der Waals surface area (Å²) in [4.78, 5) is 12.3. The molecule has 1 aromatic carbocycles. The average Bonchev–Trinajstić information content (AvgIpc) is 2.73. The smallest absolute Gasteiger partial charge is 0.168 e. The molecule has 1 aliphatic heterocycles. The maximum absolute atomic E-state index is 12.3. The van der Waals surface area contributed by atoms with Crippen LogP contribution in [-0.4, -0.2) is 18.4 Å². The highest BCUT2D eigenvalue weighted by Crippen LogP contribution is 2.31. The lowest BCUT2D eigenvalue weighted by Crippen LogP contribution is -2.29. The highest BCUT2D eigenvalue weighted by Gasteiger charge is 2.23. The molecule has 2 N–H and O–H groups in total. The fraction of sp³-hybridized carbons (Fsp3) is 0.562. The van der Waals surface area contributed by atoms with Crippen molar-refractivity contribution in [1.29, 1.82) is 0 Å². The summed E-state index contributed by atoms with van der Waals surface area (Å²) in [6.07, 6.45) is 2.12. The van der Waals surface area contributed by atoms with Gasteiger partial charge in [0, 0.05) is 18.9 Å². The number of Topliss-reactive ketones (excluding diaryl/α,β-unsaturated/α-hetero) is 1. The van der Waals surface area contributed by atoms with Gasteiger partial charge in [-0.3, -0.25) is 4.79 Å². The molecular weight excluding hydrogens is 238 g/mol. The Kier molecular flexibility index (Phi) is 3.95. The minimum Gasteiger partial charge on any atom is -0.492 e. The van der Waals surface area contributed by atoms with Gasteiger partial charge in [-0.2, -0.15) is 0 Å². The number of hydrogen-bond acceptors (Lipinski definition) is 3. The fourth-order valence-electron chi connectivity index (χ4n) is 2.64. The minimum atomic E-state index is -0.0928. The van der Waals surface area contributed by atoms with Crippen LogP contribution >= 0.6 is 0 Å². The van der Waals surface area contributed by atoms with Gasteiger partial charge < -0.3 is 10.5 Å². The van der Waals surface area contributed by atoms with Crippen molar-refractivity contribution in [3.05, 3.63) is 29.3 Å². The average molecular weight is 261 g/mol. The number of carbonyl (C=O) groups is 1. The van der Waals surface area contributed by atoms with Gasteiger partial charge in [-0.05, 0) is 23.5 Å². The number of fused-ring (bicyclic) bond motifs is 1. The first-order chi connectivity index (χ1) is 8.87. The van der Waals surface area contributed by atoms with E-state index in [-0.39, 0.29) is 17.2 Å².